The normalized spacial score (nSPS) is 23.0. The van der Waals surface area contributed by atoms with Gasteiger partial charge >= 0.3 is 6.03 Å². The molecule has 0 unspecified atom stereocenters. The van der Waals surface area contributed by atoms with Crippen molar-refractivity contribution in [1.29, 1.82) is 0 Å². The highest BCUT2D eigenvalue weighted by Gasteiger charge is 2.37. The van der Waals surface area contributed by atoms with Gasteiger partial charge in [0.2, 0.25) is 0 Å². The fraction of sp³-hybridized carbons (Fsp3) is 0.600. The zero-order chi connectivity index (χ0) is 15.6. The van der Waals surface area contributed by atoms with E-state index in [4.69, 9.17) is 11.6 Å². The molecule has 0 radical (unpaired) electrons. The molecule has 21 heavy (non-hydrogen) atoms. The Morgan fingerprint density at radius 1 is 1.52 bits per heavy atom. The van der Waals surface area contributed by atoms with Crippen molar-refractivity contribution in [2.24, 2.45) is 11.3 Å². The lowest BCUT2D eigenvalue weighted by Gasteiger charge is -2.42. The average Bonchev–Trinajstić information content (AvgIpc) is 2.39. The van der Waals surface area contributed by atoms with E-state index in [0.717, 1.165) is 6.42 Å². The second kappa shape index (κ2) is 6.20. The highest BCUT2D eigenvalue weighted by molar-refractivity contribution is 6.32. The van der Waals surface area contributed by atoms with Crippen molar-refractivity contribution in [2.75, 3.05) is 18.4 Å². The van der Waals surface area contributed by atoms with Gasteiger partial charge in [-0.2, -0.15) is 0 Å². The number of β-amino-alcohol motifs (C(OH)–C–C–N with tert-alkyl or cyclic N) is 1. The van der Waals surface area contributed by atoms with E-state index in [2.05, 4.69) is 31.1 Å². The van der Waals surface area contributed by atoms with Gasteiger partial charge in [0.1, 0.15) is 0 Å². The Morgan fingerprint density at radius 2 is 2.24 bits per heavy atom. The lowest BCUT2D eigenvalue weighted by molar-refractivity contribution is -0.0107. The molecule has 2 heterocycles. The van der Waals surface area contributed by atoms with Crippen LogP contribution in [0.4, 0.5) is 10.5 Å². The quantitative estimate of drug-likeness (QED) is 0.784. The maximum atomic E-state index is 12.2. The summed E-state index contributed by atoms with van der Waals surface area (Å²) in [6.07, 6.45) is 1.85. The summed E-state index contributed by atoms with van der Waals surface area (Å²) in [6, 6.07) is 3.16. The molecule has 0 saturated carbocycles. The van der Waals surface area contributed by atoms with Crippen LogP contribution in [0.1, 0.15) is 27.2 Å². The first-order valence-corrected chi connectivity index (χ1v) is 7.51. The number of aliphatic hydroxyl groups excluding tert-OH is 1. The molecule has 0 aliphatic carbocycles. The number of nitrogens with one attached hydrogen (secondary N) is 1. The predicted molar refractivity (Wildman–Crippen MR) is 83.4 cm³/mol. The Morgan fingerprint density at radius 3 is 2.81 bits per heavy atom. The van der Waals surface area contributed by atoms with Crippen LogP contribution >= 0.6 is 11.6 Å². The maximum absolute atomic E-state index is 12.2. The summed E-state index contributed by atoms with van der Waals surface area (Å²) in [5, 5.41) is 13.3. The Hall–Kier alpha value is -1.33. The Balaban J connectivity index is 1.98. The molecule has 2 N–H and O–H groups in total. The van der Waals surface area contributed by atoms with Gasteiger partial charge in [0.25, 0.3) is 0 Å². The molecule has 2 amide bonds. The number of urea groups is 1. The minimum absolute atomic E-state index is 0.0364. The Kier molecular flexibility index (Phi) is 4.74. The number of hydrogen-bond donors (Lipinski definition) is 2. The lowest BCUT2D eigenvalue weighted by atomic mass is 9.74. The molecule has 6 heteroatoms. The van der Waals surface area contributed by atoms with E-state index in [0.29, 0.717) is 18.8 Å². The summed E-state index contributed by atoms with van der Waals surface area (Å²) >= 11 is 5.93. The van der Waals surface area contributed by atoms with Crippen LogP contribution in [0.15, 0.2) is 18.3 Å². The Bertz CT molecular complexity index is 516. The van der Waals surface area contributed by atoms with E-state index in [-0.39, 0.29) is 22.5 Å². The van der Waals surface area contributed by atoms with Crippen LogP contribution < -0.4 is 5.32 Å². The van der Waals surface area contributed by atoms with Crippen molar-refractivity contribution < 1.29 is 9.90 Å². The highest BCUT2D eigenvalue weighted by Crippen LogP contribution is 2.34. The monoisotopic (exact) mass is 311 g/mol. The number of carbonyl (C=O) groups excluding carboxylic acids is 1. The number of pyridine rings is 1. The van der Waals surface area contributed by atoms with E-state index >= 15 is 0 Å². The molecule has 5 nitrogen and oxygen atoms in total. The maximum Gasteiger partial charge on any atom is 0.322 e. The molecule has 1 aliphatic rings. The molecular weight excluding hydrogens is 290 g/mol. The third kappa shape index (κ3) is 3.86. The first-order chi connectivity index (χ1) is 9.79. The summed E-state index contributed by atoms with van der Waals surface area (Å²) in [7, 11) is 0. The zero-order valence-corrected chi connectivity index (χ0v) is 13.4. The number of halogens is 1. The molecule has 116 valence electrons. The standard InChI is InChI=1S/C15H22ClN3O2/c1-15(2,3)10-6-8-19(9-12(10)20)14(21)18-11-5-4-7-17-13(11)16/h4-5,7,10,12,20H,6,8-9H2,1-3H3,(H,18,21)/t10-,12-/m0/s1. The van der Waals surface area contributed by atoms with Crippen LogP contribution in [0, 0.1) is 11.3 Å². The summed E-state index contributed by atoms with van der Waals surface area (Å²) in [4.78, 5) is 17.8. The van der Waals surface area contributed by atoms with Gasteiger partial charge in [-0.3, -0.25) is 0 Å². The number of amides is 2. The smallest absolute Gasteiger partial charge is 0.322 e. The summed E-state index contributed by atoms with van der Waals surface area (Å²) in [5.41, 5.74) is 0.519. The van der Waals surface area contributed by atoms with Crippen LogP contribution in [-0.4, -0.2) is 40.2 Å². The van der Waals surface area contributed by atoms with Crippen molar-refractivity contribution in [1.82, 2.24) is 9.88 Å². The molecular formula is C15H22ClN3O2. The van der Waals surface area contributed by atoms with Gasteiger partial charge in [0.05, 0.1) is 11.8 Å². The van der Waals surface area contributed by atoms with E-state index in [1.54, 1.807) is 23.2 Å². The molecule has 0 bridgehead atoms. The number of hydrogen-bond acceptors (Lipinski definition) is 3. The van der Waals surface area contributed by atoms with Gasteiger partial charge < -0.3 is 15.3 Å². The van der Waals surface area contributed by atoms with Crippen molar-refractivity contribution >= 4 is 23.3 Å². The SMILES string of the molecule is CC(C)(C)[C@H]1CCN(C(=O)Nc2cccnc2Cl)C[C@@H]1O. The molecule has 2 atom stereocenters. The summed E-state index contributed by atoms with van der Waals surface area (Å²) in [6.45, 7) is 7.32. The van der Waals surface area contributed by atoms with Crippen LogP contribution in [0.5, 0.6) is 0 Å². The van der Waals surface area contributed by atoms with Gasteiger partial charge in [0, 0.05) is 19.3 Å². The predicted octanol–water partition coefficient (Wildman–Crippen LogP) is 3.00. The van der Waals surface area contributed by atoms with E-state index in [1.807, 2.05) is 0 Å². The van der Waals surface area contributed by atoms with Gasteiger partial charge in [-0.1, -0.05) is 32.4 Å². The van der Waals surface area contributed by atoms with Gasteiger partial charge in [0.15, 0.2) is 5.15 Å². The Labute approximate surface area is 130 Å². The van der Waals surface area contributed by atoms with Crippen LogP contribution in [0.25, 0.3) is 0 Å². The fourth-order valence-electron chi connectivity index (χ4n) is 2.80. The number of aliphatic hydroxyl groups is 1. The zero-order valence-electron chi connectivity index (χ0n) is 12.6. The third-order valence-electron chi connectivity index (χ3n) is 3.98. The molecule has 1 aliphatic heterocycles. The highest BCUT2D eigenvalue weighted by atomic mass is 35.5. The number of rotatable bonds is 1. The van der Waals surface area contributed by atoms with Crippen LogP contribution in [0.3, 0.4) is 0 Å². The second-order valence-electron chi connectivity index (χ2n) is 6.55. The van der Waals surface area contributed by atoms with E-state index in [9.17, 15) is 9.90 Å². The average molecular weight is 312 g/mol. The lowest BCUT2D eigenvalue weighted by Crippen LogP contribution is -2.51. The van der Waals surface area contributed by atoms with Crippen molar-refractivity contribution in [3.05, 3.63) is 23.5 Å². The third-order valence-corrected chi connectivity index (χ3v) is 4.28. The van der Waals surface area contributed by atoms with Crippen molar-refractivity contribution in [3.63, 3.8) is 0 Å². The van der Waals surface area contributed by atoms with E-state index < -0.39 is 6.10 Å². The molecule has 0 aromatic carbocycles. The van der Waals surface area contributed by atoms with Gasteiger partial charge in [-0.15, -0.1) is 0 Å². The minimum atomic E-state index is -0.506. The van der Waals surface area contributed by atoms with Crippen LogP contribution in [-0.2, 0) is 0 Å². The molecule has 2 rings (SSSR count). The first-order valence-electron chi connectivity index (χ1n) is 7.13. The number of carbonyl (C=O) groups is 1. The largest absolute Gasteiger partial charge is 0.391 e. The summed E-state index contributed by atoms with van der Waals surface area (Å²) in [5.74, 6) is 0.198. The second-order valence-corrected chi connectivity index (χ2v) is 6.90. The summed E-state index contributed by atoms with van der Waals surface area (Å²) < 4.78 is 0. The fourth-order valence-corrected chi connectivity index (χ4v) is 2.97. The minimum Gasteiger partial charge on any atom is -0.391 e. The van der Waals surface area contributed by atoms with Gasteiger partial charge in [-0.25, -0.2) is 9.78 Å². The van der Waals surface area contributed by atoms with Gasteiger partial charge in [-0.05, 0) is 29.9 Å². The molecule has 1 aromatic rings. The number of likely N-dealkylation sites (tertiary alicyclic amines) is 1. The molecule has 0 spiro atoms. The number of aromatic nitrogens is 1. The first kappa shape index (κ1) is 16.0. The number of piperidine rings is 1. The van der Waals surface area contributed by atoms with Crippen LogP contribution in [0.2, 0.25) is 5.15 Å². The molecule has 1 fully saturated rings. The van der Waals surface area contributed by atoms with E-state index in [1.165, 1.54) is 0 Å². The number of anilines is 1. The molecule has 1 aromatic heterocycles. The number of nitrogens with zero attached hydrogens (tertiary/aromatic N) is 2. The van der Waals surface area contributed by atoms with Crippen molar-refractivity contribution in [2.45, 2.75) is 33.3 Å². The molecule has 1 saturated heterocycles. The van der Waals surface area contributed by atoms with Crippen molar-refractivity contribution in [3.8, 4) is 0 Å². The topological polar surface area (TPSA) is 65.5 Å².